The number of aliphatic hydroxyl groups is 1. The smallest absolute Gasteiger partial charge is 0.0679 e. The minimum Gasteiger partial charge on any atom is -0.390 e. The van der Waals surface area contributed by atoms with E-state index in [0.717, 1.165) is 25.9 Å². The van der Waals surface area contributed by atoms with Gasteiger partial charge in [0.2, 0.25) is 0 Å². The molecule has 1 fully saturated rings. The molecule has 1 aliphatic rings. The predicted molar refractivity (Wildman–Crippen MR) is 52.2 cm³/mol. The average molecular weight is 182 g/mol. The molecule has 0 aliphatic carbocycles. The second kappa shape index (κ2) is 4.64. The first-order chi connectivity index (χ1) is 6.17. The van der Waals surface area contributed by atoms with Gasteiger partial charge >= 0.3 is 0 Å². The lowest BCUT2D eigenvalue weighted by molar-refractivity contribution is -0.0110. The van der Waals surface area contributed by atoms with Crippen molar-refractivity contribution in [2.75, 3.05) is 13.2 Å². The van der Waals surface area contributed by atoms with Gasteiger partial charge in [-0.1, -0.05) is 0 Å². The largest absolute Gasteiger partial charge is 0.390 e. The molecular formula is C11H18O2. The van der Waals surface area contributed by atoms with Gasteiger partial charge in [-0.15, -0.1) is 11.8 Å². The van der Waals surface area contributed by atoms with E-state index in [1.807, 2.05) is 13.8 Å². The zero-order valence-electron chi connectivity index (χ0n) is 8.47. The summed E-state index contributed by atoms with van der Waals surface area (Å²) in [6.07, 6.45) is 2.51. The third-order valence-corrected chi connectivity index (χ3v) is 2.74. The van der Waals surface area contributed by atoms with Crippen molar-refractivity contribution in [2.24, 2.45) is 5.92 Å². The Morgan fingerprint density at radius 1 is 1.62 bits per heavy atom. The van der Waals surface area contributed by atoms with E-state index in [1.165, 1.54) is 0 Å². The molecule has 1 rings (SSSR count). The molecule has 2 unspecified atom stereocenters. The Morgan fingerprint density at radius 3 is 2.92 bits per heavy atom. The van der Waals surface area contributed by atoms with Gasteiger partial charge in [0.15, 0.2) is 0 Å². The van der Waals surface area contributed by atoms with Crippen molar-refractivity contribution in [3.05, 3.63) is 0 Å². The van der Waals surface area contributed by atoms with Gasteiger partial charge in [0.25, 0.3) is 0 Å². The van der Waals surface area contributed by atoms with Gasteiger partial charge in [0.05, 0.1) is 12.2 Å². The number of rotatable bonds is 3. The first-order valence-corrected chi connectivity index (χ1v) is 4.86. The second-order valence-electron chi connectivity index (χ2n) is 3.84. The molecular weight excluding hydrogens is 164 g/mol. The zero-order valence-corrected chi connectivity index (χ0v) is 8.47. The molecule has 0 amide bonds. The topological polar surface area (TPSA) is 29.5 Å². The van der Waals surface area contributed by atoms with Crippen LogP contribution in [0.25, 0.3) is 0 Å². The van der Waals surface area contributed by atoms with Crippen molar-refractivity contribution in [3.8, 4) is 11.8 Å². The number of ether oxygens (including phenoxy) is 1. The fourth-order valence-electron chi connectivity index (χ4n) is 1.67. The van der Waals surface area contributed by atoms with E-state index in [1.54, 1.807) is 0 Å². The van der Waals surface area contributed by atoms with Crippen LogP contribution in [0, 0.1) is 17.8 Å². The Labute approximate surface area is 80.3 Å². The van der Waals surface area contributed by atoms with E-state index in [2.05, 4.69) is 11.8 Å². The van der Waals surface area contributed by atoms with Gasteiger partial charge < -0.3 is 9.84 Å². The summed E-state index contributed by atoms with van der Waals surface area (Å²) in [6.45, 7) is 5.21. The molecule has 0 aromatic heterocycles. The van der Waals surface area contributed by atoms with Crippen molar-refractivity contribution in [1.82, 2.24) is 0 Å². The van der Waals surface area contributed by atoms with Crippen molar-refractivity contribution in [3.63, 3.8) is 0 Å². The van der Waals surface area contributed by atoms with Crippen molar-refractivity contribution < 1.29 is 9.84 Å². The minimum absolute atomic E-state index is 0.297. The van der Waals surface area contributed by atoms with Crippen LogP contribution in [0.5, 0.6) is 0 Å². The molecule has 1 aliphatic heterocycles. The van der Waals surface area contributed by atoms with E-state index in [0.29, 0.717) is 12.5 Å². The Hall–Kier alpha value is -0.520. The Kier molecular flexibility index (Phi) is 3.77. The maximum Gasteiger partial charge on any atom is 0.0679 e. The highest BCUT2D eigenvalue weighted by Crippen LogP contribution is 2.29. The highest BCUT2D eigenvalue weighted by Gasteiger charge is 2.33. The summed E-state index contributed by atoms with van der Waals surface area (Å²) >= 11 is 0. The molecule has 13 heavy (non-hydrogen) atoms. The summed E-state index contributed by atoms with van der Waals surface area (Å²) in [6, 6.07) is 0. The molecule has 2 atom stereocenters. The van der Waals surface area contributed by atoms with Gasteiger partial charge in [0.1, 0.15) is 0 Å². The van der Waals surface area contributed by atoms with Crippen LogP contribution in [0.1, 0.15) is 33.1 Å². The molecule has 2 heteroatoms. The molecule has 0 aromatic carbocycles. The molecule has 0 saturated carbocycles. The van der Waals surface area contributed by atoms with Gasteiger partial charge in [0, 0.05) is 18.9 Å². The molecule has 0 bridgehead atoms. The lowest BCUT2D eigenvalue weighted by Gasteiger charge is -2.28. The van der Waals surface area contributed by atoms with Crippen LogP contribution >= 0.6 is 0 Å². The highest BCUT2D eigenvalue weighted by molar-refractivity contribution is 4.97. The number of hydrogen-bond acceptors (Lipinski definition) is 2. The summed E-state index contributed by atoms with van der Waals surface area (Å²) in [7, 11) is 0. The van der Waals surface area contributed by atoms with Crippen LogP contribution in [-0.4, -0.2) is 23.9 Å². The lowest BCUT2D eigenvalue weighted by atomic mass is 9.85. The summed E-state index contributed by atoms with van der Waals surface area (Å²) in [5.41, 5.74) is -0.597. The normalized spacial score (nSPS) is 26.2. The van der Waals surface area contributed by atoms with Gasteiger partial charge in [-0.05, 0) is 26.7 Å². The lowest BCUT2D eigenvalue weighted by Crippen LogP contribution is -2.34. The second-order valence-corrected chi connectivity index (χ2v) is 3.84. The molecule has 0 aromatic rings. The standard InChI is InChI=1S/C11H18O2/c1-3-4-5-7-11(2,12)10-6-8-13-9-10/h10,12H,5-9H2,1-2H3. The van der Waals surface area contributed by atoms with E-state index >= 15 is 0 Å². The molecule has 1 heterocycles. The summed E-state index contributed by atoms with van der Waals surface area (Å²) < 4.78 is 5.25. The van der Waals surface area contributed by atoms with E-state index in [9.17, 15) is 5.11 Å². The fourth-order valence-corrected chi connectivity index (χ4v) is 1.67. The van der Waals surface area contributed by atoms with Crippen LogP contribution in [-0.2, 0) is 4.74 Å². The molecule has 0 spiro atoms. The Bertz CT molecular complexity index is 204. The minimum atomic E-state index is -0.597. The summed E-state index contributed by atoms with van der Waals surface area (Å²) in [4.78, 5) is 0. The first kappa shape index (κ1) is 10.6. The maximum atomic E-state index is 10.1. The Balaban J connectivity index is 2.37. The molecule has 2 nitrogen and oxygen atoms in total. The quantitative estimate of drug-likeness (QED) is 0.671. The van der Waals surface area contributed by atoms with Crippen LogP contribution in [0.15, 0.2) is 0 Å². The first-order valence-electron chi connectivity index (χ1n) is 4.86. The van der Waals surface area contributed by atoms with Crippen LogP contribution < -0.4 is 0 Å². The number of hydrogen-bond donors (Lipinski definition) is 1. The molecule has 0 radical (unpaired) electrons. The predicted octanol–water partition coefficient (Wildman–Crippen LogP) is 1.58. The summed E-state index contributed by atoms with van der Waals surface area (Å²) in [5.74, 6) is 6.11. The maximum absolute atomic E-state index is 10.1. The zero-order chi connectivity index (χ0) is 9.73. The fraction of sp³-hybridized carbons (Fsp3) is 0.818. The van der Waals surface area contributed by atoms with Crippen molar-refractivity contribution in [1.29, 1.82) is 0 Å². The third-order valence-electron chi connectivity index (χ3n) is 2.74. The van der Waals surface area contributed by atoms with E-state index in [4.69, 9.17) is 4.74 Å². The van der Waals surface area contributed by atoms with Gasteiger partial charge in [-0.3, -0.25) is 0 Å². The molecule has 1 saturated heterocycles. The monoisotopic (exact) mass is 182 g/mol. The van der Waals surface area contributed by atoms with Crippen LogP contribution in [0.4, 0.5) is 0 Å². The third kappa shape index (κ3) is 3.02. The molecule has 74 valence electrons. The van der Waals surface area contributed by atoms with Crippen molar-refractivity contribution in [2.45, 2.75) is 38.7 Å². The average Bonchev–Trinajstić information content (AvgIpc) is 2.56. The van der Waals surface area contributed by atoms with Crippen molar-refractivity contribution >= 4 is 0 Å². The Morgan fingerprint density at radius 2 is 2.38 bits per heavy atom. The van der Waals surface area contributed by atoms with Crippen LogP contribution in [0.3, 0.4) is 0 Å². The summed E-state index contributed by atoms with van der Waals surface area (Å²) in [5, 5.41) is 10.1. The van der Waals surface area contributed by atoms with Gasteiger partial charge in [-0.25, -0.2) is 0 Å². The van der Waals surface area contributed by atoms with E-state index in [-0.39, 0.29) is 0 Å². The van der Waals surface area contributed by atoms with Crippen LogP contribution in [0.2, 0.25) is 0 Å². The SMILES string of the molecule is CC#CCCC(C)(O)C1CCOC1. The molecule has 1 N–H and O–H groups in total. The van der Waals surface area contributed by atoms with Gasteiger partial charge in [-0.2, -0.15) is 0 Å². The van der Waals surface area contributed by atoms with E-state index < -0.39 is 5.60 Å². The highest BCUT2D eigenvalue weighted by atomic mass is 16.5.